The first-order chi connectivity index (χ1) is 15.7. The Hall–Kier alpha value is -3.64. The normalized spacial score (nSPS) is 15.0. The summed E-state index contributed by atoms with van der Waals surface area (Å²) < 4.78 is 11.0. The highest BCUT2D eigenvalue weighted by atomic mass is 16.5. The molecule has 6 heteroatoms. The van der Waals surface area contributed by atoms with Crippen molar-refractivity contribution in [1.82, 2.24) is 10.5 Å². The first kappa shape index (κ1) is 20.3. The number of ether oxygens (including phenoxy) is 1. The molecule has 1 aliphatic rings. The quantitative estimate of drug-likeness (QED) is 0.494. The fourth-order valence-corrected chi connectivity index (χ4v) is 4.04. The number of hydrogen-bond acceptors (Lipinski definition) is 5. The predicted molar refractivity (Wildman–Crippen MR) is 125 cm³/mol. The summed E-state index contributed by atoms with van der Waals surface area (Å²) in [7, 11) is 0. The molecule has 1 amide bonds. The Kier molecular flexibility index (Phi) is 5.60. The number of aromatic nitrogens is 1. The number of rotatable bonds is 5. The van der Waals surface area contributed by atoms with E-state index in [-0.39, 0.29) is 11.9 Å². The van der Waals surface area contributed by atoms with Crippen LogP contribution in [-0.2, 0) is 4.74 Å². The first-order valence-corrected chi connectivity index (χ1v) is 10.9. The molecule has 0 bridgehead atoms. The second-order valence-electron chi connectivity index (χ2n) is 8.00. The van der Waals surface area contributed by atoms with Crippen LogP contribution in [0.2, 0.25) is 0 Å². The summed E-state index contributed by atoms with van der Waals surface area (Å²) in [6.45, 7) is 5.33. The lowest BCUT2D eigenvalue weighted by atomic mass is 10.0. The average molecular weight is 428 g/mol. The number of fused-ring (bicyclic) bond motifs is 1. The van der Waals surface area contributed by atoms with Gasteiger partial charge in [0.2, 0.25) is 0 Å². The Morgan fingerprint density at radius 2 is 1.75 bits per heavy atom. The minimum absolute atomic E-state index is 0.118. The second kappa shape index (κ2) is 8.85. The van der Waals surface area contributed by atoms with E-state index >= 15 is 0 Å². The van der Waals surface area contributed by atoms with E-state index in [2.05, 4.69) is 39.6 Å². The van der Waals surface area contributed by atoms with Gasteiger partial charge in [0.25, 0.3) is 5.91 Å². The SMILES string of the molecule is CC(NC(=O)c1ccc2noc(-c3ccccc3)c2c1)c1ccc(N2CCOCC2)cc1. The molecule has 0 radical (unpaired) electrons. The zero-order chi connectivity index (χ0) is 21.9. The Morgan fingerprint density at radius 1 is 1.00 bits per heavy atom. The molecule has 0 saturated carbocycles. The molecule has 1 N–H and O–H groups in total. The third-order valence-electron chi connectivity index (χ3n) is 5.89. The van der Waals surface area contributed by atoms with Crippen molar-refractivity contribution < 1.29 is 14.1 Å². The van der Waals surface area contributed by atoms with Crippen molar-refractivity contribution in [2.45, 2.75) is 13.0 Å². The smallest absolute Gasteiger partial charge is 0.251 e. The van der Waals surface area contributed by atoms with E-state index in [9.17, 15) is 4.79 Å². The lowest BCUT2D eigenvalue weighted by molar-refractivity contribution is 0.0940. The molecule has 4 aromatic rings. The molecule has 1 atom stereocenters. The first-order valence-electron chi connectivity index (χ1n) is 10.9. The minimum atomic E-state index is -0.128. The van der Waals surface area contributed by atoms with Gasteiger partial charge in [-0.2, -0.15) is 0 Å². The van der Waals surface area contributed by atoms with Crippen LogP contribution >= 0.6 is 0 Å². The maximum atomic E-state index is 13.0. The van der Waals surface area contributed by atoms with Gasteiger partial charge in [-0.25, -0.2) is 0 Å². The summed E-state index contributed by atoms with van der Waals surface area (Å²) in [6.07, 6.45) is 0. The molecule has 1 fully saturated rings. The zero-order valence-corrected chi connectivity index (χ0v) is 18.0. The number of nitrogens with zero attached hydrogens (tertiary/aromatic N) is 2. The lowest BCUT2D eigenvalue weighted by Crippen LogP contribution is -2.36. The fourth-order valence-electron chi connectivity index (χ4n) is 4.04. The van der Waals surface area contributed by atoms with Crippen LogP contribution in [0.3, 0.4) is 0 Å². The monoisotopic (exact) mass is 427 g/mol. The Balaban J connectivity index is 1.32. The number of carbonyl (C=O) groups is 1. The van der Waals surface area contributed by atoms with Gasteiger partial charge in [-0.15, -0.1) is 0 Å². The number of anilines is 1. The Morgan fingerprint density at radius 3 is 2.50 bits per heavy atom. The lowest BCUT2D eigenvalue weighted by Gasteiger charge is -2.29. The minimum Gasteiger partial charge on any atom is -0.378 e. The van der Waals surface area contributed by atoms with Gasteiger partial charge in [0, 0.05) is 29.9 Å². The topological polar surface area (TPSA) is 67.6 Å². The molecule has 32 heavy (non-hydrogen) atoms. The molecule has 1 saturated heterocycles. The molecule has 2 heterocycles. The third kappa shape index (κ3) is 4.09. The van der Waals surface area contributed by atoms with E-state index in [0.29, 0.717) is 11.3 Å². The average Bonchev–Trinajstić information content (AvgIpc) is 3.28. The maximum Gasteiger partial charge on any atom is 0.251 e. The van der Waals surface area contributed by atoms with Gasteiger partial charge in [0.05, 0.1) is 24.6 Å². The van der Waals surface area contributed by atoms with Crippen molar-refractivity contribution in [3.63, 3.8) is 0 Å². The number of amides is 1. The zero-order valence-electron chi connectivity index (χ0n) is 18.0. The van der Waals surface area contributed by atoms with Crippen molar-refractivity contribution in [2.24, 2.45) is 0 Å². The van der Waals surface area contributed by atoms with Crippen molar-refractivity contribution in [3.05, 3.63) is 83.9 Å². The summed E-state index contributed by atoms with van der Waals surface area (Å²) in [6, 6.07) is 23.5. The second-order valence-corrected chi connectivity index (χ2v) is 8.00. The van der Waals surface area contributed by atoms with E-state index in [1.165, 1.54) is 5.69 Å². The molecule has 162 valence electrons. The molecular formula is C26H25N3O3. The molecule has 3 aromatic carbocycles. The summed E-state index contributed by atoms with van der Waals surface area (Å²) in [5, 5.41) is 8.06. The maximum absolute atomic E-state index is 13.0. The number of morpholine rings is 1. The van der Waals surface area contributed by atoms with Crippen LogP contribution in [0.1, 0.15) is 28.9 Å². The summed E-state index contributed by atoms with van der Waals surface area (Å²) in [5.74, 6) is 0.541. The van der Waals surface area contributed by atoms with Gasteiger partial charge in [-0.1, -0.05) is 47.6 Å². The van der Waals surface area contributed by atoms with Crippen LogP contribution < -0.4 is 10.2 Å². The highest BCUT2D eigenvalue weighted by Gasteiger charge is 2.17. The number of carbonyl (C=O) groups excluding carboxylic acids is 1. The van der Waals surface area contributed by atoms with E-state index in [1.54, 1.807) is 6.07 Å². The van der Waals surface area contributed by atoms with Crippen molar-refractivity contribution in [2.75, 3.05) is 31.2 Å². The van der Waals surface area contributed by atoms with Gasteiger partial charge in [-0.05, 0) is 42.8 Å². The fraction of sp³-hybridized carbons (Fsp3) is 0.231. The molecule has 1 aromatic heterocycles. The van der Waals surface area contributed by atoms with E-state index in [4.69, 9.17) is 9.26 Å². The van der Waals surface area contributed by atoms with Crippen molar-refractivity contribution in [1.29, 1.82) is 0 Å². The van der Waals surface area contributed by atoms with Gasteiger partial charge in [-0.3, -0.25) is 4.79 Å². The van der Waals surface area contributed by atoms with Crippen LogP contribution in [0.15, 0.2) is 77.3 Å². The van der Waals surface area contributed by atoms with Crippen LogP contribution in [0.5, 0.6) is 0 Å². The van der Waals surface area contributed by atoms with Crippen LogP contribution in [0.4, 0.5) is 5.69 Å². The summed E-state index contributed by atoms with van der Waals surface area (Å²) >= 11 is 0. The van der Waals surface area contributed by atoms with Crippen LogP contribution in [0, 0.1) is 0 Å². The molecule has 5 rings (SSSR count). The van der Waals surface area contributed by atoms with E-state index in [1.807, 2.05) is 49.4 Å². The standard InChI is InChI=1S/C26H25N3O3/c1-18(19-7-10-22(11-8-19)29-13-15-31-16-14-29)27-26(30)21-9-12-24-23(17-21)25(32-28-24)20-5-3-2-4-6-20/h2-12,17-18H,13-16H2,1H3,(H,27,30). The Labute approximate surface area is 186 Å². The van der Waals surface area contributed by atoms with E-state index in [0.717, 1.165) is 48.3 Å². The van der Waals surface area contributed by atoms with Gasteiger partial charge >= 0.3 is 0 Å². The predicted octanol–water partition coefficient (Wildman–Crippen LogP) is 4.82. The largest absolute Gasteiger partial charge is 0.378 e. The highest BCUT2D eigenvalue weighted by Crippen LogP contribution is 2.29. The van der Waals surface area contributed by atoms with E-state index < -0.39 is 0 Å². The van der Waals surface area contributed by atoms with Gasteiger partial charge in [0.15, 0.2) is 5.76 Å². The van der Waals surface area contributed by atoms with Crippen LogP contribution in [-0.4, -0.2) is 37.4 Å². The molecule has 1 aliphatic heterocycles. The molecule has 1 unspecified atom stereocenters. The highest BCUT2D eigenvalue weighted by molar-refractivity contribution is 6.01. The summed E-state index contributed by atoms with van der Waals surface area (Å²) in [4.78, 5) is 15.3. The molecular weight excluding hydrogens is 402 g/mol. The third-order valence-corrected chi connectivity index (χ3v) is 5.89. The molecule has 0 aliphatic carbocycles. The molecule has 0 spiro atoms. The van der Waals surface area contributed by atoms with Crippen molar-refractivity contribution in [3.8, 4) is 11.3 Å². The number of hydrogen-bond donors (Lipinski definition) is 1. The number of nitrogens with one attached hydrogen (secondary N) is 1. The summed E-state index contributed by atoms with van der Waals surface area (Å²) in [5.41, 5.74) is 4.48. The van der Waals surface area contributed by atoms with Crippen LogP contribution in [0.25, 0.3) is 22.2 Å². The molecule has 6 nitrogen and oxygen atoms in total. The van der Waals surface area contributed by atoms with Crippen molar-refractivity contribution >= 4 is 22.5 Å². The van der Waals surface area contributed by atoms with Gasteiger partial charge in [0.1, 0.15) is 5.52 Å². The van der Waals surface area contributed by atoms with Gasteiger partial charge < -0.3 is 19.5 Å². The Bertz CT molecular complexity index is 1210. The number of benzene rings is 3.